The molecule has 0 spiro atoms. The third-order valence-electron chi connectivity index (χ3n) is 3.50. The third-order valence-corrected chi connectivity index (χ3v) is 3.99. The van der Waals surface area contributed by atoms with E-state index in [9.17, 15) is 9.59 Å². The molecule has 1 amide bonds. The van der Waals surface area contributed by atoms with Crippen molar-refractivity contribution in [3.05, 3.63) is 52.1 Å². The van der Waals surface area contributed by atoms with Gasteiger partial charge in [0.1, 0.15) is 0 Å². The SMILES string of the molecule is COC(=O)CC(NC(=O)c1ccc(N(C)C)nn1)c1cccc(Br)c1. The lowest BCUT2D eigenvalue weighted by atomic mass is 10.0. The van der Waals surface area contributed by atoms with Crippen LogP contribution in [-0.4, -0.2) is 43.3 Å². The molecule has 25 heavy (non-hydrogen) atoms. The predicted octanol–water partition coefficient (Wildman–Crippen LogP) is 2.34. The van der Waals surface area contributed by atoms with Crippen molar-refractivity contribution in [1.29, 1.82) is 0 Å². The van der Waals surface area contributed by atoms with E-state index in [-0.39, 0.29) is 12.1 Å². The Labute approximate surface area is 154 Å². The molecule has 1 N–H and O–H groups in total. The molecule has 1 aromatic carbocycles. The smallest absolute Gasteiger partial charge is 0.307 e. The minimum absolute atomic E-state index is 0.0158. The van der Waals surface area contributed by atoms with E-state index < -0.39 is 17.9 Å². The van der Waals surface area contributed by atoms with Crippen LogP contribution in [-0.2, 0) is 9.53 Å². The lowest BCUT2D eigenvalue weighted by Gasteiger charge is -2.18. The quantitative estimate of drug-likeness (QED) is 0.741. The number of amides is 1. The summed E-state index contributed by atoms with van der Waals surface area (Å²) in [6, 6.07) is 10.1. The fraction of sp³-hybridized carbons (Fsp3) is 0.294. The van der Waals surface area contributed by atoms with Crippen LogP contribution < -0.4 is 10.2 Å². The molecule has 0 saturated carbocycles. The topological polar surface area (TPSA) is 84.4 Å². The molecule has 0 aliphatic heterocycles. The number of carbonyl (C=O) groups is 2. The van der Waals surface area contributed by atoms with Crippen molar-refractivity contribution in [1.82, 2.24) is 15.5 Å². The number of carbonyl (C=O) groups excluding carboxylic acids is 2. The summed E-state index contributed by atoms with van der Waals surface area (Å²) < 4.78 is 5.58. The van der Waals surface area contributed by atoms with E-state index in [0.717, 1.165) is 10.0 Å². The fourth-order valence-electron chi connectivity index (χ4n) is 2.14. The highest BCUT2D eigenvalue weighted by Crippen LogP contribution is 2.22. The van der Waals surface area contributed by atoms with Crippen LogP contribution in [0.4, 0.5) is 5.82 Å². The minimum Gasteiger partial charge on any atom is -0.469 e. The summed E-state index contributed by atoms with van der Waals surface area (Å²) in [7, 11) is 4.99. The Bertz CT molecular complexity index is 750. The molecule has 7 nitrogen and oxygen atoms in total. The Hall–Kier alpha value is -2.48. The van der Waals surface area contributed by atoms with Crippen LogP contribution in [0.5, 0.6) is 0 Å². The number of aromatic nitrogens is 2. The molecule has 0 aliphatic carbocycles. The van der Waals surface area contributed by atoms with Gasteiger partial charge in [-0.1, -0.05) is 28.1 Å². The van der Waals surface area contributed by atoms with Crippen LogP contribution in [0.1, 0.15) is 28.5 Å². The van der Waals surface area contributed by atoms with Gasteiger partial charge < -0.3 is 15.0 Å². The number of nitrogens with zero attached hydrogens (tertiary/aromatic N) is 3. The fourth-order valence-corrected chi connectivity index (χ4v) is 2.56. The first-order valence-electron chi connectivity index (χ1n) is 7.55. The number of benzene rings is 1. The molecule has 1 aromatic heterocycles. The number of rotatable bonds is 6. The zero-order valence-electron chi connectivity index (χ0n) is 14.2. The highest BCUT2D eigenvalue weighted by Gasteiger charge is 2.21. The summed E-state index contributed by atoms with van der Waals surface area (Å²) in [5.41, 5.74) is 0.960. The normalized spacial score (nSPS) is 11.5. The van der Waals surface area contributed by atoms with Crippen LogP contribution in [0.3, 0.4) is 0 Å². The Morgan fingerprint density at radius 3 is 2.56 bits per heavy atom. The maximum Gasteiger partial charge on any atom is 0.307 e. The average molecular weight is 407 g/mol. The van der Waals surface area contributed by atoms with Crippen LogP contribution in [0.2, 0.25) is 0 Å². The maximum absolute atomic E-state index is 12.5. The van der Waals surface area contributed by atoms with Gasteiger partial charge in [0, 0.05) is 18.6 Å². The van der Waals surface area contributed by atoms with Crippen molar-refractivity contribution in [2.75, 3.05) is 26.1 Å². The maximum atomic E-state index is 12.5. The Balaban J connectivity index is 2.20. The van der Waals surface area contributed by atoms with E-state index in [1.54, 1.807) is 17.0 Å². The van der Waals surface area contributed by atoms with Crippen molar-refractivity contribution in [2.24, 2.45) is 0 Å². The number of nitrogens with one attached hydrogen (secondary N) is 1. The number of esters is 1. The van der Waals surface area contributed by atoms with Gasteiger partial charge in [0.05, 0.1) is 19.6 Å². The molecule has 0 saturated heterocycles. The summed E-state index contributed by atoms with van der Waals surface area (Å²) in [6.45, 7) is 0. The Kier molecular flexibility index (Phi) is 6.46. The summed E-state index contributed by atoms with van der Waals surface area (Å²) in [6.07, 6.45) is 0.0158. The van der Waals surface area contributed by atoms with Crippen LogP contribution >= 0.6 is 15.9 Å². The van der Waals surface area contributed by atoms with Gasteiger partial charge >= 0.3 is 5.97 Å². The third kappa shape index (κ3) is 5.25. The minimum atomic E-state index is -0.534. The molecule has 8 heteroatoms. The molecular formula is C17H19BrN4O3. The second kappa shape index (κ2) is 8.57. The molecule has 1 atom stereocenters. The Morgan fingerprint density at radius 1 is 1.24 bits per heavy atom. The molecule has 1 unspecified atom stereocenters. The number of ether oxygens (including phenoxy) is 1. The molecule has 0 bridgehead atoms. The molecule has 2 aromatic rings. The van der Waals surface area contributed by atoms with E-state index >= 15 is 0 Å². The number of anilines is 1. The molecule has 0 fully saturated rings. The zero-order chi connectivity index (χ0) is 18.4. The second-order valence-electron chi connectivity index (χ2n) is 5.53. The number of hydrogen-bond acceptors (Lipinski definition) is 6. The van der Waals surface area contributed by atoms with Crippen LogP contribution in [0.25, 0.3) is 0 Å². The van der Waals surface area contributed by atoms with Crippen LogP contribution in [0, 0.1) is 0 Å². The number of halogens is 1. The largest absolute Gasteiger partial charge is 0.469 e. The lowest BCUT2D eigenvalue weighted by Crippen LogP contribution is -2.31. The first-order valence-corrected chi connectivity index (χ1v) is 8.34. The molecule has 132 valence electrons. The second-order valence-corrected chi connectivity index (χ2v) is 6.45. The summed E-state index contributed by atoms with van der Waals surface area (Å²) >= 11 is 3.39. The van der Waals surface area contributed by atoms with Gasteiger partial charge in [-0.15, -0.1) is 10.2 Å². The van der Waals surface area contributed by atoms with Gasteiger partial charge in [0.15, 0.2) is 11.5 Å². The highest BCUT2D eigenvalue weighted by molar-refractivity contribution is 9.10. The first-order chi connectivity index (χ1) is 11.9. The predicted molar refractivity (Wildman–Crippen MR) is 97.3 cm³/mol. The van der Waals surface area contributed by atoms with E-state index in [0.29, 0.717) is 5.82 Å². The molecule has 2 rings (SSSR count). The van der Waals surface area contributed by atoms with Crippen LogP contribution in [0.15, 0.2) is 40.9 Å². The zero-order valence-corrected chi connectivity index (χ0v) is 15.8. The van der Waals surface area contributed by atoms with E-state index in [4.69, 9.17) is 4.74 Å². The van der Waals surface area contributed by atoms with Crippen molar-refractivity contribution in [2.45, 2.75) is 12.5 Å². The lowest BCUT2D eigenvalue weighted by molar-refractivity contribution is -0.141. The van der Waals surface area contributed by atoms with E-state index in [1.165, 1.54) is 7.11 Å². The van der Waals surface area contributed by atoms with Gasteiger partial charge in [-0.3, -0.25) is 9.59 Å². The van der Waals surface area contributed by atoms with E-state index in [2.05, 4.69) is 31.4 Å². The summed E-state index contributed by atoms with van der Waals surface area (Å²) in [4.78, 5) is 26.0. The van der Waals surface area contributed by atoms with Crippen molar-refractivity contribution in [3.63, 3.8) is 0 Å². The van der Waals surface area contributed by atoms with E-state index in [1.807, 2.05) is 38.4 Å². The molecule has 1 heterocycles. The van der Waals surface area contributed by atoms with Gasteiger partial charge in [0.25, 0.3) is 5.91 Å². The van der Waals surface area contributed by atoms with Gasteiger partial charge in [-0.05, 0) is 29.8 Å². The van der Waals surface area contributed by atoms with Gasteiger partial charge in [-0.25, -0.2) is 0 Å². The van der Waals surface area contributed by atoms with Crippen molar-refractivity contribution < 1.29 is 14.3 Å². The highest BCUT2D eigenvalue weighted by atomic mass is 79.9. The molecule has 0 radical (unpaired) electrons. The molecular weight excluding hydrogens is 388 g/mol. The number of hydrogen-bond donors (Lipinski definition) is 1. The van der Waals surface area contributed by atoms with Gasteiger partial charge in [-0.2, -0.15) is 0 Å². The standard InChI is InChI=1S/C17H19BrN4O3/c1-22(2)15-8-7-13(20-21-15)17(24)19-14(10-16(23)25-3)11-5-4-6-12(18)9-11/h4-9,14H,10H2,1-3H3,(H,19,24). The monoisotopic (exact) mass is 406 g/mol. The Morgan fingerprint density at radius 2 is 2.00 bits per heavy atom. The van der Waals surface area contributed by atoms with Crippen molar-refractivity contribution in [3.8, 4) is 0 Å². The summed E-state index contributed by atoms with van der Waals surface area (Å²) in [5.74, 6) is -0.180. The average Bonchev–Trinajstić information content (AvgIpc) is 2.61. The first kappa shape index (κ1) is 18.9. The molecule has 0 aliphatic rings. The van der Waals surface area contributed by atoms with Gasteiger partial charge in [0.2, 0.25) is 0 Å². The number of methoxy groups -OCH3 is 1. The van der Waals surface area contributed by atoms with Crippen molar-refractivity contribution >= 4 is 33.6 Å². The summed E-state index contributed by atoms with van der Waals surface area (Å²) in [5, 5.41) is 10.7.